The van der Waals surface area contributed by atoms with Gasteiger partial charge in [-0.15, -0.1) is 0 Å². The minimum atomic E-state index is -0.296. The van der Waals surface area contributed by atoms with Gasteiger partial charge in [0.1, 0.15) is 29.5 Å². The molecule has 0 spiro atoms. The number of ether oxygens (including phenoxy) is 4. The molecule has 4 aromatic carbocycles. The highest BCUT2D eigenvalue weighted by Gasteiger charge is 2.29. The zero-order valence-corrected chi connectivity index (χ0v) is 31.3. The lowest BCUT2D eigenvalue weighted by atomic mass is 9.98. The number of aryl methyl sites for hydroxylation is 3. The summed E-state index contributed by atoms with van der Waals surface area (Å²) in [4.78, 5) is 16.3. The average Bonchev–Trinajstić information content (AvgIpc) is 3.69. The molecule has 0 bridgehead atoms. The summed E-state index contributed by atoms with van der Waals surface area (Å²) in [5.74, 6) is 1.37. The number of piperazine rings is 1. The van der Waals surface area contributed by atoms with Crippen molar-refractivity contribution >= 4 is 33.3 Å². The Labute approximate surface area is 316 Å². The Morgan fingerprint density at radius 3 is 2.54 bits per heavy atom. The molecule has 10 nitrogen and oxygen atoms in total. The van der Waals surface area contributed by atoms with E-state index in [-0.39, 0.29) is 12.6 Å². The fourth-order valence-corrected chi connectivity index (χ4v) is 8.01. The third-order valence-corrected chi connectivity index (χ3v) is 10.6. The molecule has 1 N–H and O–H groups in total. The minimum absolute atomic E-state index is 0.288. The largest absolute Gasteiger partial charge is 0.493 e. The van der Waals surface area contributed by atoms with E-state index in [2.05, 4.69) is 63.3 Å². The van der Waals surface area contributed by atoms with Gasteiger partial charge in [-0.25, -0.2) is 4.79 Å². The number of anilines is 1. The summed E-state index contributed by atoms with van der Waals surface area (Å²) in [6, 6.07) is 29.1. The van der Waals surface area contributed by atoms with Crippen molar-refractivity contribution < 1.29 is 23.7 Å². The Morgan fingerprint density at radius 1 is 0.889 bits per heavy atom. The van der Waals surface area contributed by atoms with Crippen LogP contribution in [0.3, 0.4) is 0 Å². The van der Waals surface area contributed by atoms with Gasteiger partial charge >= 0.3 is 5.97 Å². The van der Waals surface area contributed by atoms with Gasteiger partial charge in [-0.1, -0.05) is 54.6 Å². The molecule has 54 heavy (non-hydrogen) atoms. The van der Waals surface area contributed by atoms with Gasteiger partial charge in [0.2, 0.25) is 0 Å². The lowest BCUT2D eigenvalue weighted by Crippen LogP contribution is -2.43. The number of esters is 1. The Balaban J connectivity index is 1.14. The Hall–Kier alpha value is -5.32. The van der Waals surface area contributed by atoms with Gasteiger partial charge in [-0.3, -0.25) is 4.68 Å². The number of fused-ring (bicyclic) bond motifs is 3. The highest BCUT2D eigenvalue weighted by atomic mass is 16.5. The van der Waals surface area contributed by atoms with Gasteiger partial charge < -0.3 is 33.7 Å². The molecule has 8 rings (SSSR count). The van der Waals surface area contributed by atoms with Crippen molar-refractivity contribution in [3.63, 3.8) is 0 Å². The van der Waals surface area contributed by atoms with Crippen LogP contribution in [0.1, 0.15) is 53.6 Å². The predicted octanol–water partition coefficient (Wildman–Crippen LogP) is 7.68. The minimum Gasteiger partial charge on any atom is -0.493 e. The number of hydrogen-bond acceptors (Lipinski definition) is 8. The Bertz CT molecular complexity index is 2230. The van der Waals surface area contributed by atoms with E-state index in [0.29, 0.717) is 45.1 Å². The average molecular weight is 728 g/mol. The molecule has 0 aliphatic carbocycles. The number of rotatable bonds is 11. The molecule has 0 saturated carbocycles. The van der Waals surface area contributed by atoms with Crippen molar-refractivity contribution in [3.05, 3.63) is 108 Å². The predicted molar refractivity (Wildman–Crippen MR) is 213 cm³/mol. The lowest BCUT2D eigenvalue weighted by molar-refractivity contribution is 0.0512. The van der Waals surface area contributed by atoms with Crippen LogP contribution < -0.4 is 19.7 Å². The summed E-state index contributed by atoms with van der Waals surface area (Å²) < 4.78 is 28.9. The maximum atomic E-state index is 13.9. The van der Waals surface area contributed by atoms with Crippen molar-refractivity contribution in [1.82, 2.24) is 19.7 Å². The molecule has 2 aliphatic rings. The fourth-order valence-electron chi connectivity index (χ4n) is 8.01. The molecule has 4 heterocycles. The van der Waals surface area contributed by atoms with Gasteiger partial charge in [0.05, 0.1) is 31.0 Å². The Morgan fingerprint density at radius 2 is 1.69 bits per heavy atom. The summed E-state index contributed by atoms with van der Waals surface area (Å²) in [7, 11) is 1.97. The van der Waals surface area contributed by atoms with Crippen LogP contribution in [0.2, 0.25) is 0 Å². The van der Waals surface area contributed by atoms with Crippen molar-refractivity contribution in [3.8, 4) is 22.6 Å². The SMILES string of the molecule is CCOC(=O)c1c(CCCOc2cccc3ccccc23)c2cccc3c2n1CCCCOCc1c-3c(COc2ccc(N3CCNCC3)cc2)nn1C. The summed E-state index contributed by atoms with van der Waals surface area (Å²) >= 11 is 0. The quantitative estimate of drug-likeness (QED) is 0.107. The van der Waals surface area contributed by atoms with E-state index in [0.717, 1.165) is 107 Å². The van der Waals surface area contributed by atoms with Crippen LogP contribution in [0.15, 0.2) is 84.9 Å². The monoisotopic (exact) mass is 727 g/mol. The van der Waals surface area contributed by atoms with Crippen LogP contribution in [-0.4, -0.2) is 66.3 Å². The van der Waals surface area contributed by atoms with Gasteiger partial charge in [-0.2, -0.15) is 5.10 Å². The van der Waals surface area contributed by atoms with Crippen molar-refractivity contribution in [2.45, 2.75) is 52.4 Å². The molecule has 2 aromatic heterocycles. The van der Waals surface area contributed by atoms with E-state index < -0.39 is 0 Å². The van der Waals surface area contributed by atoms with E-state index in [4.69, 9.17) is 24.0 Å². The highest BCUT2D eigenvalue weighted by Crippen LogP contribution is 2.40. The second-order valence-corrected chi connectivity index (χ2v) is 14.0. The summed E-state index contributed by atoms with van der Waals surface area (Å²) in [5, 5.41) is 11.7. The van der Waals surface area contributed by atoms with Crippen molar-refractivity contribution in [2.24, 2.45) is 7.05 Å². The Kier molecular flexibility index (Phi) is 10.8. The first-order chi connectivity index (χ1) is 26.6. The van der Waals surface area contributed by atoms with E-state index in [1.807, 2.05) is 55.1 Å². The summed E-state index contributed by atoms with van der Waals surface area (Å²) in [5.41, 5.74) is 7.64. The third-order valence-electron chi connectivity index (χ3n) is 10.6. The van der Waals surface area contributed by atoms with Gasteiger partial charge in [-0.05, 0) is 73.9 Å². The molecule has 0 radical (unpaired) electrons. The van der Waals surface area contributed by atoms with E-state index in [9.17, 15) is 4.79 Å². The number of nitrogens with one attached hydrogen (secondary N) is 1. The van der Waals surface area contributed by atoms with Crippen LogP contribution >= 0.6 is 0 Å². The molecule has 0 amide bonds. The van der Waals surface area contributed by atoms with Crippen molar-refractivity contribution in [2.75, 3.05) is 50.9 Å². The zero-order chi connectivity index (χ0) is 36.9. The van der Waals surface area contributed by atoms with Crippen LogP contribution in [0.4, 0.5) is 5.69 Å². The zero-order valence-electron chi connectivity index (χ0n) is 31.3. The molecule has 280 valence electrons. The molecule has 2 aliphatic heterocycles. The van der Waals surface area contributed by atoms with E-state index in [1.165, 1.54) is 5.69 Å². The topological polar surface area (TPSA) is 92.0 Å². The number of hydrogen-bond donors (Lipinski definition) is 1. The van der Waals surface area contributed by atoms with Crippen LogP contribution in [0, 0.1) is 0 Å². The summed E-state index contributed by atoms with van der Waals surface area (Å²) in [6.45, 7) is 8.65. The smallest absolute Gasteiger partial charge is 0.355 e. The molecular formula is C44H49N5O5. The van der Waals surface area contributed by atoms with Crippen molar-refractivity contribution in [1.29, 1.82) is 0 Å². The van der Waals surface area contributed by atoms with Gasteiger partial charge in [0.25, 0.3) is 0 Å². The van der Waals surface area contributed by atoms with Gasteiger partial charge in [0.15, 0.2) is 0 Å². The normalized spacial score (nSPS) is 14.8. The number of carbonyl (C=O) groups is 1. The first kappa shape index (κ1) is 35.7. The molecule has 1 fully saturated rings. The van der Waals surface area contributed by atoms with E-state index >= 15 is 0 Å². The number of para-hydroxylation sites is 1. The van der Waals surface area contributed by atoms with Gasteiger partial charge in [0, 0.05) is 74.0 Å². The van der Waals surface area contributed by atoms with Crippen LogP contribution in [0.25, 0.3) is 32.8 Å². The van der Waals surface area contributed by atoms with Crippen LogP contribution in [0.5, 0.6) is 11.5 Å². The molecular weight excluding hydrogens is 679 g/mol. The lowest BCUT2D eigenvalue weighted by Gasteiger charge is -2.29. The first-order valence-electron chi connectivity index (χ1n) is 19.3. The third kappa shape index (κ3) is 7.28. The number of carbonyl (C=O) groups excluding carboxylic acids is 1. The second-order valence-electron chi connectivity index (χ2n) is 14.0. The standard InChI is InChI=1S/C44H49N5O5/c1-3-52-44(50)43-36(16-10-28-53-40-17-8-12-31-11-4-5-13-34(31)40)35-14-9-15-37-41-38(29-54-33-20-18-32(19-21-33)48-25-22-45-23-26-48)46-47(2)39(41)30-51-27-7-6-24-49(43)42(35)37/h4-5,8-9,11-15,17-21,45H,3,6-7,10,16,22-30H2,1-2H3. The maximum absolute atomic E-state index is 13.9. The number of aromatic nitrogens is 3. The molecule has 0 atom stereocenters. The summed E-state index contributed by atoms with van der Waals surface area (Å²) in [6.07, 6.45) is 3.13. The molecule has 1 saturated heterocycles. The number of nitrogens with zero attached hydrogens (tertiary/aromatic N) is 4. The van der Waals surface area contributed by atoms with E-state index in [1.54, 1.807) is 0 Å². The molecule has 10 heteroatoms. The highest BCUT2D eigenvalue weighted by molar-refractivity contribution is 6.05. The first-order valence-corrected chi connectivity index (χ1v) is 19.3. The number of benzene rings is 4. The second kappa shape index (κ2) is 16.4. The maximum Gasteiger partial charge on any atom is 0.355 e. The fraction of sp³-hybridized carbons (Fsp3) is 0.364. The molecule has 0 unspecified atom stereocenters. The van der Waals surface area contributed by atoms with Crippen LogP contribution in [-0.2, 0) is 42.7 Å². The molecule has 6 aromatic rings.